The van der Waals surface area contributed by atoms with Crippen LogP contribution in [0.15, 0.2) is 6.33 Å². The number of imidazole rings is 1. The number of anilines is 1. The number of fused-ring (bicyclic) bond motifs is 1. The summed E-state index contributed by atoms with van der Waals surface area (Å²) in [5.74, 6) is -2.18. The van der Waals surface area contributed by atoms with E-state index in [1.807, 2.05) is 0 Å². The van der Waals surface area contributed by atoms with Gasteiger partial charge in [0.2, 0.25) is 5.28 Å². The third-order valence-electron chi connectivity index (χ3n) is 3.92. The van der Waals surface area contributed by atoms with Gasteiger partial charge in [-0.15, -0.1) is 0 Å². The zero-order chi connectivity index (χ0) is 20.6. The van der Waals surface area contributed by atoms with Crippen molar-refractivity contribution in [3.63, 3.8) is 0 Å². The molecular weight excluding hydrogens is 398 g/mol. The molecule has 0 radical (unpaired) electrons. The lowest BCUT2D eigenvalue weighted by molar-refractivity contribution is -0.169. The average Bonchev–Trinajstić information content (AvgIpc) is 3.16. The molecule has 2 N–H and O–H groups in total. The Morgan fingerprint density at radius 1 is 1.18 bits per heavy atom. The largest absolute Gasteiger partial charge is 0.467 e. The monoisotopic (exact) mass is 413 g/mol. The van der Waals surface area contributed by atoms with Crippen molar-refractivity contribution in [3.8, 4) is 0 Å². The average molecular weight is 414 g/mol. The van der Waals surface area contributed by atoms with Crippen molar-refractivity contribution in [1.82, 2.24) is 19.5 Å². The maximum Gasteiger partial charge on any atom is 0.339 e. The van der Waals surface area contributed by atoms with Crippen LogP contribution in [0.2, 0.25) is 5.28 Å². The molecule has 0 spiro atoms. The third-order valence-corrected chi connectivity index (χ3v) is 4.09. The van der Waals surface area contributed by atoms with Gasteiger partial charge in [-0.05, 0) is 11.6 Å². The summed E-state index contributed by atoms with van der Waals surface area (Å²) in [6, 6.07) is 0. The molecule has 0 aromatic carbocycles. The standard InChI is InChI=1S/C15H16ClN5O7/c1-5(22)26-8-9(27-6(2)23)13(28-10(8)14(24)25-3)21-4-18-7-11(17)19-15(16)20-12(7)21/h4,8-10,13H,1-3H3,(H2,17,19,20)/t8-,9+,10-,13+/m0/s1. The molecule has 3 rings (SSSR count). The molecule has 1 fully saturated rings. The number of aromatic nitrogens is 4. The number of methoxy groups -OCH3 is 1. The van der Waals surface area contributed by atoms with E-state index in [0.717, 1.165) is 21.0 Å². The Hall–Kier alpha value is -2.99. The van der Waals surface area contributed by atoms with E-state index in [1.54, 1.807) is 0 Å². The Kier molecular flexibility index (Phi) is 5.34. The number of carbonyl (C=O) groups is 3. The smallest absolute Gasteiger partial charge is 0.339 e. The predicted molar refractivity (Wildman–Crippen MR) is 91.8 cm³/mol. The highest BCUT2D eigenvalue weighted by atomic mass is 35.5. The molecule has 4 atom stereocenters. The zero-order valence-electron chi connectivity index (χ0n) is 15.0. The van der Waals surface area contributed by atoms with E-state index < -0.39 is 42.4 Å². The van der Waals surface area contributed by atoms with Crippen LogP contribution in [-0.2, 0) is 33.3 Å². The first-order chi connectivity index (χ1) is 13.2. The molecule has 12 nitrogen and oxygen atoms in total. The number of nitrogen functional groups attached to an aromatic ring is 1. The van der Waals surface area contributed by atoms with E-state index in [0.29, 0.717) is 0 Å². The second-order valence-corrected chi connectivity index (χ2v) is 6.16. The minimum absolute atomic E-state index is 0.0248. The molecule has 150 valence electrons. The van der Waals surface area contributed by atoms with Crippen LogP contribution >= 0.6 is 11.6 Å². The molecule has 28 heavy (non-hydrogen) atoms. The van der Waals surface area contributed by atoms with Gasteiger partial charge >= 0.3 is 17.9 Å². The fourth-order valence-corrected chi connectivity index (χ4v) is 3.07. The quantitative estimate of drug-likeness (QED) is 0.408. The first-order valence-corrected chi connectivity index (χ1v) is 8.34. The number of halogens is 1. The second-order valence-electron chi connectivity index (χ2n) is 5.82. The molecule has 2 aromatic heterocycles. The van der Waals surface area contributed by atoms with E-state index in [-0.39, 0.29) is 22.3 Å². The Morgan fingerprint density at radius 3 is 2.43 bits per heavy atom. The van der Waals surface area contributed by atoms with Crippen LogP contribution in [0, 0.1) is 0 Å². The van der Waals surface area contributed by atoms with Crippen LogP contribution in [0.5, 0.6) is 0 Å². The molecule has 0 amide bonds. The molecule has 13 heteroatoms. The van der Waals surface area contributed by atoms with Gasteiger partial charge in [-0.1, -0.05) is 0 Å². The van der Waals surface area contributed by atoms with Gasteiger partial charge < -0.3 is 24.7 Å². The first kappa shape index (κ1) is 19.8. The number of hydrogen-bond donors (Lipinski definition) is 1. The van der Waals surface area contributed by atoms with Crippen LogP contribution < -0.4 is 5.73 Å². The van der Waals surface area contributed by atoms with Crippen LogP contribution in [0.25, 0.3) is 11.2 Å². The minimum atomic E-state index is -1.35. The SMILES string of the molecule is COC(=O)[C@H]1O[C@@H](n2cnc3c(N)nc(Cl)nc32)[C@H](OC(C)=O)[C@@H]1OC(C)=O. The van der Waals surface area contributed by atoms with Crippen LogP contribution in [0.4, 0.5) is 5.82 Å². The molecule has 2 aromatic rings. The van der Waals surface area contributed by atoms with Crippen LogP contribution in [0.1, 0.15) is 20.1 Å². The topological polar surface area (TPSA) is 158 Å². The molecule has 3 heterocycles. The highest BCUT2D eigenvalue weighted by Gasteiger charge is 2.54. The molecule has 0 unspecified atom stereocenters. The number of hydrogen-bond acceptors (Lipinski definition) is 11. The Balaban J connectivity index is 2.11. The maximum absolute atomic E-state index is 12.2. The molecular formula is C15H16ClN5O7. The van der Waals surface area contributed by atoms with E-state index in [1.165, 1.54) is 10.9 Å². The van der Waals surface area contributed by atoms with Gasteiger partial charge in [0.1, 0.15) is 5.52 Å². The number of nitrogens with two attached hydrogens (primary N) is 1. The van der Waals surface area contributed by atoms with Gasteiger partial charge in [0.25, 0.3) is 0 Å². The number of carbonyl (C=O) groups excluding carboxylic acids is 3. The lowest BCUT2D eigenvalue weighted by atomic mass is 10.1. The Labute approximate surface area is 162 Å². The van der Waals surface area contributed by atoms with Crippen molar-refractivity contribution < 1.29 is 33.3 Å². The second kappa shape index (κ2) is 7.56. The molecule has 0 saturated carbocycles. The Morgan fingerprint density at radius 2 is 1.82 bits per heavy atom. The summed E-state index contributed by atoms with van der Waals surface area (Å²) in [5.41, 5.74) is 6.19. The first-order valence-electron chi connectivity index (χ1n) is 7.96. The predicted octanol–water partition coefficient (Wildman–Crippen LogP) is -0.00430. The summed E-state index contributed by atoms with van der Waals surface area (Å²) in [5, 5.41) is -0.144. The Bertz CT molecular complexity index is 948. The van der Waals surface area contributed by atoms with Crippen LogP contribution in [0.3, 0.4) is 0 Å². The summed E-state index contributed by atoms with van der Waals surface area (Å²) in [4.78, 5) is 47.3. The van der Waals surface area contributed by atoms with Crippen molar-refractivity contribution in [3.05, 3.63) is 11.6 Å². The van der Waals surface area contributed by atoms with Gasteiger partial charge in [0, 0.05) is 13.8 Å². The van der Waals surface area contributed by atoms with Gasteiger partial charge in [-0.2, -0.15) is 9.97 Å². The van der Waals surface area contributed by atoms with E-state index in [9.17, 15) is 14.4 Å². The molecule has 0 bridgehead atoms. The highest BCUT2D eigenvalue weighted by molar-refractivity contribution is 6.28. The van der Waals surface area contributed by atoms with Crippen molar-refractivity contribution >= 4 is 46.5 Å². The molecule has 1 aliphatic heterocycles. The summed E-state index contributed by atoms with van der Waals surface area (Å²) >= 11 is 5.87. The van der Waals surface area contributed by atoms with E-state index >= 15 is 0 Å². The molecule has 1 saturated heterocycles. The van der Waals surface area contributed by atoms with Crippen molar-refractivity contribution in [2.45, 2.75) is 38.4 Å². The molecule has 1 aliphatic rings. The minimum Gasteiger partial charge on any atom is -0.467 e. The van der Waals surface area contributed by atoms with Gasteiger partial charge in [0.15, 0.2) is 36.0 Å². The van der Waals surface area contributed by atoms with Crippen molar-refractivity contribution in [1.29, 1.82) is 0 Å². The summed E-state index contributed by atoms with van der Waals surface area (Å²) < 4.78 is 22.3. The van der Waals surface area contributed by atoms with Crippen molar-refractivity contribution in [2.24, 2.45) is 0 Å². The van der Waals surface area contributed by atoms with Gasteiger partial charge in [-0.3, -0.25) is 14.2 Å². The van der Waals surface area contributed by atoms with Gasteiger partial charge in [0.05, 0.1) is 13.4 Å². The normalized spacial score (nSPS) is 24.1. The van der Waals surface area contributed by atoms with Gasteiger partial charge in [-0.25, -0.2) is 9.78 Å². The summed E-state index contributed by atoms with van der Waals surface area (Å²) in [6.45, 7) is 2.31. The number of esters is 3. The summed E-state index contributed by atoms with van der Waals surface area (Å²) in [6.07, 6.45) is -3.63. The third kappa shape index (κ3) is 3.55. The fourth-order valence-electron chi connectivity index (χ4n) is 2.90. The number of rotatable bonds is 4. The highest BCUT2D eigenvalue weighted by Crippen LogP contribution is 2.36. The lowest BCUT2D eigenvalue weighted by Crippen LogP contribution is -2.42. The van der Waals surface area contributed by atoms with Crippen LogP contribution in [-0.4, -0.2) is 62.8 Å². The zero-order valence-corrected chi connectivity index (χ0v) is 15.7. The number of nitrogens with zero attached hydrogens (tertiary/aromatic N) is 4. The van der Waals surface area contributed by atoms with Crippen molar-refractivity contribution in [2.75, 3.05) is 12.8 Å². The molecule has 0 aliphatic carbocycles. The maximum atomic E-state index is 12.2. The van der Waals surface area contributed by atoms with E-state index in [2.05, 4.69) is 15.0 Å². The summed E-state index contributed by atoms with van der Waals surface area (Å²) in [7, 11) is 1.14. The lowest BCUT2D eigenvalue weighted by Gasteiger charge is -2.23. The fraction of sp³-hybridized carbons (Fsp3) is 0.467. The number of ether oxygens (including phenoxy) is 4. The van der Waals surface area contributed by atoms with E-state index in [4.69, 9.17) is 36.3 Å².